The number of thioether (sulfide) groups is 1. The van der Waals surface area contributed by atoms with Crippen molar-refractivity contribution in [3.05, 3.63) is 22.4 Å². The minimum atomic E-state index is 0.871. The summed E-state index contributed by atoms with van der Waals surface area (Å²) in [4.78, 5) is 1.49. The minimum Gasteiger partial charge on any atom is -0.316 e. The molecule has 0 aliphatic carbocycles. The molecule has 0 aliphatic rings. The SMILES string of the molecule is CCC(C)CSCCNCCc1cccs1. The van der Waals surface area contributed by atoms with Gasteiger partial charge in [0.25, 0.3) is 0 Å². The first kappa shape index (κ1) is 14.1. The molecule has 3 heteroatoms. The van der Waals surface area contributed by atoms with Gasteiger partial charge in [-0.2, -0.15) is 11.8 Å². The van der Waals surface area contributed by atoms with Crippen molar-refractivity contribution in [2.75, 3.05) is 24.6 Å². The van der Waals surface area contributed by atoms with Crippen LogP contribution in [0.4, 0.5) is 0 Å². The van der Waals surface area contributed by atoms with Gasteiger partial charge in [0, 0.05) is 17.2 Å². The Morgan fingerprint density at radius 2 is 2.31 bits per heavy atom. The maximum Gasteiger partial charge on any atom is 0.00582 e. The standard InChI is InChI=1S/C13H23NS2/c1-3-12(2)11-15-10-8-14-7-6-13-5-4-9-16-13/h4-5,9,12,14H,3,6-8,10-11H2,1-2H3. The summed E-state index contributed by atoms with van der Waals surface area (Å²) in [6, 6.07) is 4.34. The molecule has 1 atom stereocenters. The molecule has 1 heterocycles. The molecule has 0 fully saturated rings. The Hall–Kier alpha value is 0.01000. The van der Waals surface area contributed by atoms with Crippen molar-refractivity contribution in [1.29, 1.82) is 0 Å². The predicted molar refractivity (Wildman–Crippen MR) is 77.7 cm³/mol. The molecule has 0 bridgehead atoms. The molecule has 0 aromatic carbocycles. The Morgan fingerprint density at radius 1 is 1.44 bits per heavy atom. The van der Waals surface area contributed by atoms with Gasteiger partial charge in [-0.3, -0.25) is 0 Å². The second-order valence-electron chi connectivity index (χ2n) is 4.17. The number of rotatable bonds is 9. The summed E-state index contributed by atoms with van der Waals surface area (Å²) in [5, 5.41) is 5.65. The molecule has 0 amide bonds. The maximum absolute atomic E-state index is 3.50. The largest absolute Gasteiger partial charge is 0.316 e. The monoisotopic (exact) mass is 257 g/mol. The van der Waals surface area contributed by atoms with E-state index in [0.29, 0.717) is 0 Å². The van der Waals surface area contributed by atoms with Crippen molar-refractivity contribution in [3.63, 3.8) is 0 Å². The molecule has 1 unspecified atom stereocenters. The summed E-state index contributed by atoms with van der Waals surface area (Å²) in [7, 11) is 0. The van der Waals surface area contributed by atoms with E-state index in [9.17, 15) is 0 Å². The van der Waals surface area contributed by atoms with Crippen LogP contribution in [0.3, 0.4) is 0 Å². The zero-order valence-corrected chi connectivity index (χ0v) is 12.0. The quantitative estimate of drug-likeness (QED) is 0.678. The summed E-state index contributed by atoms with van der Waals surface area (Å²) >= 11 is 3.93. The average molecular weight is 257 g/mol. The van der Waals surface area contributed by atoms with E-state index in [1.165, 1.54) is 29.2 Å². The summed E-state index contributed by atoms with van der Waals surface area (Å²) in [5.74, 6) is 3.42. The van der Waals surface area contributed by atoms with Crippen LogP contribution in [0, 0.1) is 5.92 Å². The number of nitrogens with one attached hydrogen (secondary N) is 1. The summed E-state index contributed by atoms with van der Waals surface area (Å²) in [5.41, 5.74) is 0. The zero-order chi connectivity index (χ0) is 11.6. The van der Waals surface area contributed by atoms with Gasteiger partial charge in [0.2, 0.25) is 0 Å². The minimum absolute atomic E-state index is 0.871. The Labute approximate surface area is 108 Å². The van der Waals surface area contributed by atoms with Crippen LogP contribution in [0.5, 0.6) is 0 Å². The van der Waals surface area contributed by atoms with Gasteiger partial charge in [-0.05, 0) is 36.1 Å². The van der Waals surface area contributed by atoms with Gasteiger partial charge in [-0.25, -0.2) is 0 Å². The smallest absolute Gasteiger partial charge is 0.00582 e. The fraction of sp³-hybridized carbons (Fsp3) is 0.692. The zero-order valence-electron chi connectivity index (χ0n) is 10.4. The van der Waals surface area contributed by atoms with Crippen LogP contribution in [0.1, 0.15) is 25.1 Å². The fourth-order valence-corrected chi connectivity index (χ4v) is 3.14. The van der Waals surface area contributed by atoms with E-state index in [-0.39, 0.29) is 0 Å². The lowest BCUT2D eigenvalue weighted by Crippen LogP contribution is -2.20. The first-order valence-electron chi connectivity index (χ1n) is 6.13. The molecule has 1 N–H and O–H groups in total. The molecule has 1 rings (SSSR count). The van der Waals surface area contributed by atoms with Gasteiger partial charge in [-0.1, -0.05) is 26.3 Å². The van der Waals surface area contributed by atoms with Gasteiger partial charge in [0.05, 0.1) is 0 Å². The fourth-order valence-electron chi connectivity index (χ4n) is 1.34. The molecule has 0 saturated carbocycles. The van der Waals surface area contributed by atoms with E-state index in [2.05, 4.69) is 48.4 Å². The topological polar surface area (TPSA) is 12.0 Å². The Balaban J connectivity index is 1.85. The Morgan fingerprint density at radius 3 is 3.00 bits per heavy atom. The third-order valence-corrected chi connectivity index (χ3v) is 4.88. The van der Waals surface area contributed by atoms with Crippen LogP contribution in [0.25, 0.3) is 0 Å². The van der Waals surface area contributed by atoms with E-state index in [1.54, 1.807) is 0 Å². The normalized spacial score (nSPS) is 12.9. The van der Waals surface area contributed by atoms with E-state index < -0.39 is 0 Å². The van der Waals surface area contributed by atoms with Crippen LogP contribution >= 0.6 is 23.1 Å². The maximum atomic E-state index is 3.50. The van der Waals surface area contributed by atoms with E-state index in [0.717, 1.165) is 19.0 Å². The first-order chi connectivity index (χ1) is 7.83. The molecule has 0 radical (unpaired) electrons. The number of thiophene rings is 1. The molecule has 16 heavy (non-hydrogen) atoms. The van der Waals surface area contributed by atoms with Crippen molar-refractivity contribution >= 4 is 23.1 Å². The molecular formula is C13H23NS2. The second kappa shape index (κ2) is 9.08. The van der Waals surface area contributed by atoms with Gasteiger partial charge < -0.3 is 5.32 Å². The molecule has 1 aromatic rings. The van der Waals surface area contributed by atoms with Gasteiger partial charge in [-0.15, -0.1) is 11.3 Å². The van der Waals surface area contributed by atoms with Crippen molar-refractivity contribution < 1.29 is 0 Å². The predicted octanol–water partition coefficient (Wildman–Crippen LogP) is 3.66. The molecule has 0 spiro atoms. The van der Waals surface area contributed by atoms with Crippen LogP contribution in [-0.2, 0) is 6.42 Å². The Bertz CT molecular complexity index is 246. The summed E-state index contributed by atoms with van der Waals surface area (Å²) < 4.78 is 0. The molecular weight excluding hydrogens is 234 g/mol. The highest BCUT2D eigenvalue weighted by molar-refractivity contribution is 7.99. The molecule has 0 saturated heterocycles. The molecule has 1 nitrogen and oxygen atoms in total. The van der Waals surface area contributed by atoms with Gasteiger partial charge >= 0.3 is 0 Å². The molecule has 92 valence electrons. The lowest BCUT2D eigenvalue weighted by Gasteiger charge is -2.08. The lowest BCUT2D eigenvalue weighted by molar-refractivity contribution is 0.636. The highest BCUT2D eigenvalue weighted by Crippen LogP contribution is 2.10. The first-order valence-corrected chi connectivity index (χ1v) is 8.17. The van der Waals surface area contributed by atoms with E-state index in [1.807, 2.05) is 11.3 Å². The van der Waals surface area contributed by atoms with Crippen molar-refractivity contribution in [2.24, 2.45) is 5.92 Å². The van der Waals surface area contributed by atoms with Crippen LogP contribution in [0.2, 0.25) is 0 Å². The second-order valence-corrected chi connectivity index (χ2v) is 6.35. The van der Waals surface area contributed by atoms with E-state index in [4.69, 9.17) is 0 Å². The summed E-state index contributed by atoms with van der Waals surface area (Å²) in [6.45, 7) is 6.86. The van der Waals surface area contributed by atoms with Crippen molar-refractivity contribution in [3.8, 4) is 0 Å². The highest BCUT2D eigenvalue weighted by atomic mass is 32.2. The highest BCUT2D eigenvalue weighted by Gasteiger charge is 1.98. The third kappa shape index (κ3) is 6.56. The van der Waals surface area contributed by atoms with Crippen molar-refractivity contribution in [1.82, 2.24) is 5.32 Å². The number of hydrogen-bond donors (Lipinski definition) is 1. The average Bonchev–Trinajstić information content (AvgIpc) is 2.80. The molecule has 0 aliphatic heterocycles. The van der Waals surface area contributed by atoms with Crippen LogP contribution < -0.4 is 5.32 Å². The van der Waals surface area contributed by atoms with Gasteiger partial charge in [0.15, 0.2) is 0 Å². The van der Waals surface area contributed by atoms with Crippen molar-refractivity contribution in [2.45, 2.75) is 26.7 Å². The summed E-state index contributed by atoms with van der Waals surface area (Å²) in [6.07, 6.45) is 2.48. The third-order valence-electron chi connectivity index (χ3n) is 2.65. The van der Waals surface area contributed by atoms with Gasteiger partial charge in [0.1, 0.15) is 0 Å². The number of hydrogen-bond acceptors (Lipinski definition) is 3. The van der Waals surface area contributed by atoms with Crippen LogP contribution in [-0.4, -0.2) is 24.6 Å². The molecule has 1 aromatic heterocycles. The van der Waals surface area contributed by atoms with E-state index >= 15 is 0 Å². The Kier molecular flexibility index (Phi) is 7.99. The van der Waals surface area contributed by atoms with Crippen LogP contribution in [0.15, 0.2) is 17.5 Å². The lowest BCUT2D eigenvalue weighted by atomic mass is 10.2.